The van der Waals surface area contributed by atoms with E-state index in [0.717, 1.165) is 54.8 Å². The van der Waals surface area contributed by atoms with Crippen molar-refractivity contribution in [2.24, 2.45) is 0 Å². The van der Waals surface area contributed by atoms with Crippen LogP contribution < -0.4 is 10.9 Å². The third-order valence-corrected chi connectivity index (χ3v) is 3.68. The van der Waals surface area contributed by atoms with Gasteiger partial charge in [-0.15, -0.1) is 0 Å². The lowest BCUT2D eigenvalue weighted by Crippen LogP contribution is -2.43. The van der Waals surface area contributed by atoms with Gasteiger partial charge in [-0.25, -0.2) is 0 Å². The number of nitrogens with one attached hydrogen (secondary N) is 2. The third-order valence-electron chi connectivity index (χ3n) is 3.68. The van der Waals surface area contributed by atoms with E-state index in [1.807, 2.05) is 19.1 Å². The highest BCUT2D eigenvalue weighted by atomic mass is 16.1. The van der Waals surface area contributed by atoms with Gasteiger partial charge in [-0.1, -0.05) is 12.1 Å². The van der Waals surface area contributed by atoms with Crippen LogP contribution in [0.4, 0.5) is 0 Å². The van der Waals surface area contributed by atoms with Crippen LogP contribution in [0.15, 0.2) is 29.1 Å². The maximum atomic E-state index is 12.1. The van der Waals surface area contributed by atoms with Gasteiger partial charge in [0.2, 0.25) is 0 Å². The number of hydrogen-bond donors (Lipinski definition) is 2. The largest absolute Gasteiger partial charge is 0.322 e. The van der Waals surface area contributed by atoms with Crippen LogP contribution in [0, 0.1) is 6.92 Å². The first-order valence-corrected chi connectivity index (χ1v) is 6.78. The highest BCUT2D eigenvalue weighted by molar-refractivity contribution is 5.79. The number of aromatic nitrogens is 1. The van der Waals surface area contributed by atoms with Gasteiger partial charge in [0, 0.05) is 43.8 Å². The molecule has 0 atom stereocenters. The molecule has 100 valence electrons. The van der Waals surface area contributed by atoms with Crippen molar-refractivity contribution in [3.63, 3.8) is 0 Å². The van der Waals surface area contributed by atoms with Crippen LogP contribution in [0.5, 0.6) is 0 Å². The molecular weight excluding hydrogens is 238 g/mol. The Balaban J connectivity index is 1.92. The molecular formula is C15H19N3O. The van der Waals surface area contributed by atoms with E-state index in [0.29, 0.717) is 0 Å². The fraction of sp³-hybridized carbons (Fsp3) is 0.400. The summed E-state index contributed by atoms with van der Waals surface area (Å²) in [6.07, 6.45) is 0. The van der Waals surface area contributed by atoms with E-state index in [1.165, 1.54) is 0 Å². The Morgan fingerprint density at radius 1 is 1.21 bits per heavy atom. The number of H-pyrrole nitrogens is 1. The molecule has 4 nitrogen and oxygen atoms in total. The molecule has 1 fully saturated rings. The van der Waals surface area contributed by atoms with E-state index in [-0.39, 0.29) is 5.56 Å². The molecule has 1 aliphatic heterocycles. The lowest BCUT2D eigenvalue weighted by atomic mass is 10.1. The van der Waals surface area contributed by atoms with E-state index >= 15 is 0 Å². The summed E-state index contributed by atoms with van der Waals surface area (Å²) in [5.41, 5.74) is 2.99. The molecule has 0 aliphatic carbocycles. The molecule has 2 aromatic rings. The Bertz CT molecular complexity index is 641. The maximum absolute atomic E-state index is 12.1. The molecule has 19 heavy (non-hydrogen) atoms. The van der Waals surface area contributed by atoms with Crippen molar-refractivity contribution in [1.29, 1.82) is 0 Å². The number of aromatic amines is 1. The summed E-state index contributed by atoms with van der Waals surface area (Å²) < 4.78 is 0. The summed E-state index contributed by atoms with van der Waals surface area (Å²) in [6.45, 7) is 6.79. The second-order valence-electron chi connectivity index (χ2n) is 5.24. The highest BCUT2D eigenvalue weighted by Crippen LogP contribution is 2.14. The number of nitrogens with zero attached hydrogens (tertiary/aromatic N) is 1. The molecule has 0 spiro atoms. The van der Waals surface area contributed by atoms with Gasteiger partial charge in [-0.05, 0) is 30.0 Å². The van der Waals surface area contributed by atoms with Gasteiger partial charge < -0.3 is 10.3 Å². The van der Waals surface area contributed by atoms with E-state index in [1.54, 1.807) is 0 Å². The molecule has 2 N–H and O–H groups in total. The van der Waals surface area contributed by atoms with Crippen molar-refractivity contribution in [2.75, 3.05) is 26.2 Å². The van der Waals surface area contributed by atoms with E-state index in [2.05, 4.69) is 27.3 Å². The predicted molar refractivity (Wildman–Crippen MR) is 77.5 cm³/mol. The minimum Gasteiger partial charge on any atom is -0.322 e. The van der Waals surface area contributed by atoms with E-state index < -0.39 is 0 Å². The second kappa shape index (κ2) is 5.15. The molecule has 0 saturated carbocycles. The normalized spacial score (nSPS) is 16.9. The van der Waals surface area contributed by atoms with Crippen LogP contribution in [0.25, 0.3) is 10.9 Å². The highest BCUT2D eigenvalue weighted by Gasteiger charge is 2.12. The zero-order chi connectivity index (χ0) is 13.2. The maximum Gasteiger partial charge on any atom is 0.252 e. The molecule has 1 aromatic heterocycles. The van der Waals surface area contributed by atoms with Crippen molar-refractivity contribution in [3.8, 4) is 0 Å². The van der Waals surface area contributed by atoms with Crippen molar-refractivity contribution >= 4 is 10.9 Å². The summed E-state index contributed by atoms with van der Waals surface area (Å²) in [5, 5.41) is 4.43. The van der Waals surface area contributed by atoms with E-state index in [9.17, 15) is 4.79 Å². The van der Waals surface area contributed by atoms with Gasteiger partial charge in [-0.2, -0.15) is 0 Å². The molecule has 3 rings (SSSR count). The number of rotatable bonds is 2. The zero-order valence-electron chi connectivity index (χ0n) is 11.2. The summed E-state index contributed by atoms with van der Waals surface area (Å²) in [4.78, 5) is 17.4. The first-order chi connectivity index (χ1) is 9.22. The lowest BCUT2D eigenvalue weighted by molar-refractivity contribution is 0.232. The van der Waals surface area contributed by atoms with E-state index in [4.69, 9.17) is 0 Å². The number of fused-ring (bicyclic) bond motifs is 1. The lowest BCUT2D eigenvalue weighted by Gasteiger charge is -2.26. The smallest absolute Gasteiger partial charge is 0.252 e. The topological polar surface area (TPSA) is 48.1 Å². The van der Waals surface area contributed by atoms with Crippen molar-refractivity contribution in [1.82, 2.24) is 15.2 Å². The van der Waals surface area contributed by atoms with Crippen molar-refractivity contribution in [3.05, 3.63) is 45.7 Å². The molecule has 0 radical (unpaired) electrons. The van der Waals surface area contributed by atoms with Crippen LogP contribution in [0.2, 0.25) is 0 Å². The first-order valence-electron chi connectivity index (χ1n) is 6.78. The van der Waals surface area contributed by atoms with Crippen molar-refractivity contribution in [2.45, 2.75) is 13.5 Å². The van der Waals surface area contributed by atoms with Crippen LogP contribution >= 0.6 is 0 Å². The molecule has 2 heterocycles. The summed E-state index contributed by atoms with van der Waals surface area (Å²) in [7, 11) is 0. The van der Waals surface area contributed by atoms with Gasteiger partial charge in [-0.3, -0.25) is 9.69 Å². The number of pyridine rings is 1. The van der Waals surface area contributed by atoms with Crippen LogP contribution in [0.3, 0.4) is 0 Å². The Morgan fingerprint density at radius 2 is 2.00 bits per heavy atom. The quantitative estimate of drug-likeness (QED) is 0.851. The summed E-state index contributed by atoms with van der Waals surface area (Å²) in [5.74, 6) is 0. The molecule has 0 bridgehead atoms. The summed E-state index contributed by atoms with van der Waals surface area (Å²) in [6, 6.07) is 8.19. The Morgan fingerprint density at radius 3 is 2.79 bits per heavy atom. The molecule has 1 aromatic carbocycles. The molecule has 0 unspecified atom stereocenters. The van der Waals surface area contributed by atoms with Gasteiger partial charge in [0.15, 0.2) is 0 Å². The minimum absolute atomic E-state index is 0.0385. The molecule has 1 aliphatic rings. The van der Waals surface area contributed by atoms with Crippen molar-refractivity contribution < 1.29 is 0 Å². The predicted octanol–water partition coefficient (Wildman–Crippen LogP) is 1.24. The SMILES string of the molecule is Cc1ccc2cc(CN3CCNCC3)c(=O)[nH]c2c1. The van der Waals surface area contributed by atoms with Crippen LogP contribution in [0.1, 0.15) is 11.1 Å². The first kappa shape index (κ1) is 12.4. The third kappa shape index (κ3) is 2.69. The molecule has 0 amide bonds. The van der Waals surface area contributed by atoms with Gasteiger partial charge in [0.1, 0.15) is 0 Å². The minimum atomic E-state index is 0.0385. The van der Waals surface area contributed by atoms with Gasteiger partial charge in [0.25, 0.3) is 5.56 Å². The fourth-order valence-electron chi connectivity index (χ4n) is 2.59. The average molecular weight is 257 g/mol. The number of hydrogen-bond acceptors (Lipinski definition) is 3. The van der Waals surface area contributed by atoms with Crippen LogP contribution in [-0.2, 0) is 6.54 Å². The number of piperazine rings is 1. The van der Waals surface area contributed by atoms with Gasteiger partial charge >= 0.3 is 0 Å². The Kier molecular flexibility index (Phi) is 3.36. The number of aryl methyl sites for hydroxylation is 1. The monoisotopic (exact) mass is 257 g/mol. The number of benzene rings is 1. The molecule has 1 saturated heterocycles. The van der Waals surface area contributed by atoms with Crippen LogP contribution in [-0.4, -0.2) is 36.1 Å². The fourth-order valence-corrected chi connectivity index (χ4v) is 2.59. The average Bonchev–Trinajstić information content (AvgIpc) is 2.41. The Hall–Kier alpha value is -1.65. The summed E-state index contributed by atoms with van der Waals surface area (Å²) >= 11 is 0. The van der Waals surface area contributed by atoms with Gasteiger partial charge in [0.05, 0.1) is 0 Å². The second-order valence-corrected chi connectivity index (χ2v) is 5.24. The standard InChI is InChI=1S/C15H19N3O/c1-11-2-3-12-9-13(15(19)17-14(12)8-11)10-18-6-4-16-5-7-18/h2-3,8-9,16H,4-7,10H2,1H3,(H,17,19). The zero-order valence-corrected chi connectivity index (χ0v) is 11.2. The Labute approximate surface area is 112 Å². The molecule has 4 heteroatoms.